The Morgan fingerprint density at radius 2 is 2.08 bits per heavy atom. The van der Waals surface area contributed by atoms with Crippen molar-refractivity contribution in [2.75, 3.05) is 13.2 Å². The monoisotopic (exact) mass is 174 g/mol. The number of carbonyl (C=O) groups is 2. The Morgan fingerprint density at radius 1 is 1.42 bits per heavy atom. The molecule has 0 bridgehead atoms. The van der Waals surface area contributed by atoms with Gasteiger partial charge in [0.05, 0.1) is 26.1 Å². The molecular formula is C7H10O5. The summed E-state index contributed by atoms with van der Waals surface area (Å²) in [5.41, 5.74) is 0. The number of esters is 1. The average Bonchev–Trinajstić information content (AvgIpc) is 1.93. The first-order valence-electron chi connectivity index (χ1n) is 3.67. The second-order valence-corrected chi connectivity index (χ2v) is 2.54. The number of carbonyl (C=O) groups excluding carboxylic acids is 1. The van der Waals surface area contributed by atoms with Crippen LogP contribution in [0, 0.1) is 0 Å². The zero-order chi connectivity index (χ0) is 8.97. The number of carboxylic acids is 1. The highest BCUT2D eigenvalue weighted by atomic mass is 16.6. The third-order valence-corrected chi connectivity index (χ3v) is 1.45. The van der Waals surface area contributed by atoms with Gasteiger partial charge in [0, 0.05) is 0 Å². The molecule has 0 aromatic rings. The number of rotatable bonds is 4. The molecule has 0 atom stereocenters. The molecule has 1 N–H and O–H groups in total. The van der Waals surface area contributed by atoms with E-state index in [-0.39, 0.29) is 18.9 Å². The summed E-state index contributed by atoms with van der Waals surface area (Å²) < 4.78 is 9.58. The van der Waals surface area contributed by atoms with E-state index >= 15 is 0 Å². The Morgan fingerprint density at radius 3 is 2.50 bits per heavy atom. The van der Waals surface area contributed by atoms with Crippen molar-refractivity contribution in [3.8, 4) is 0 Å². The van der Waals surface area contributed by atoms with Crippen LogP contribution in [-0.2, 0) is 19.1 Å². The lowest BCUT2D eigenvalue weighted by Gasteiger charge is -2.25. The van der Waals surface area contributed by atoms with Gasteiger partial charge in [-0.05, 0) is 0 Å². The van der Waals surface area contributed by atoms with Crippen molar-refractivity contribution < 1.29 is 24.2 Å². The minimum Gasteiger partial charge on any atom is -0.481 e. The second kappa shape index (κ2) is 4.06. The van der Waals surface area contributed by atoms with E-state index < -0.39 is 11.9 Å². The van der Waals surface area contributed by atoms with Crippen molar-refractivity contribution in [1.82, 2.24) is 0 Å². The Labute approximate surface area is 69.3 Å². The SMILES string of the molecule is O=C(O)CCC(=O)OC1COC1. The maximum Gasteiger partial charge on any atom is 0.306 e. The van der Waals surface area contributed by atoms with Gasteiger partial charge in [-0.2, -0.15) is 0 Å². The molecular weight excluding hydrogens is 164 g/mol. The third kappa shape index (κ3) is 2.87. The predicted molar refractivity (Wildman–Crippen MR) is 37.6 cm³/mol. The summed E-state index contributed by atoms with van der Waals surface area (Å²) >= 11 is 0. The van der Waals surface area contributed by atoms with Gasteiger partial charge in [-0.15, -0.1) is 0 Å². The van der Waals surface area contributed by atoms with Gasteiger partial charge in [-0.25, -0.2) is 0 Å². The molecule has 1 fully saturated rings. The van der Waals surface area contributed by atoms with Crippen molar-refractivity contribution >= 4 is 11.9 Å². The normalized spacial score (nSPS) is 16.7. The van der Waals surface area contributed by atoms with Gasteiger partial charge in [0.1, 0.15) is 6.10 Å². The molecule has 1 rings (SSSR count). The number of aliphatic carboxylic acids is 1. The summed E-state index contributed by atoms with van der Waals surface area (Å²) in [4.78, 5) is 20.9. The van der Waals surface area contributed by atoms with E-state index in [1.54, 1.807) is 0 Å². The molecule has 0 amide bonds. The third-order valence-electron chi connectivity index (χ3n) is 1.45. The van der Waals surface area contributed by atoms with E-state index in [4.69, 9.17) is 14.6 Å². The van der Waals surface area contributed by atoms with Crippen molar-refractivity contribution in [2.24, 2.45) is 0 Å². The average molecular weight is 174 g/mol. The number of hydrogen-bond acceptors (Lipinski definition) is 4. The lowest BCUT2D eigenvalue weighted by molar-refractivity contribution is -0.173. The van der Waals surface area contributed by atoms with Crippen LogP contribution in [0.4, 0.5) is 0 Å². The van der Waals surface area contributed by atoms with Crippen molar-refractivity contribution in [3.63, 3.8) is 0 Å². The lowest BCUT2D eigenvalue weighted by atomic mass is 10.3. The fraction of sp³-hybridized carbons (Fsp3) is 0.714. The predicted octanol–water partition coefficient (Wildman–Crippen LogP) is -0.207. The quantitative estimate of drug-likeness (QED) is 0.597. The number of hydrogen-bond donors (Lipinski definition) is 1. The molecule has 5 heteroatoms. The first-order valence-corrected chi connectivity index (χ1v) is 3.67. The van der Waals surface area contributed by atoms with E-state index in [0.29, 0.717) is 13.2 Å². The Balaban J connectivity index is 2.06. The molecule has 0 spiro atoms. The maximum atomic E-state index is 10.8. The van der Waals surface area contributed by atoms with Gasteiger partial charge >= 0.3 is 11.9 Å². The van der Waals surface area contributed by atoms with Gasteiger partial charge in [-0.1, -0.05) is 0 Å². The molecule has 0 aliphatic carbocycles. The summed E-state index contributed by atoms with van der Waals surface area (Å²) in [6, 6.07) is 0. The number of carboxylic acid groups (broad SMARTS) is 1. The van der Waals surface area contributed by atoms with Crippen LogP contribution in [0.2, 0.25) is 0 Å². The first kappa shape index (κ1) is 8.99. The minimum absolute atomic E-state index is 0.0637. The molecule has 1 aliphatic heterocycles. The van der Waals surface area contributed by atoms with Crippen LogP contribution in [0.5, 0.6) is 0 Å². The fourth-order valence-electron chi connectivity index (χ4n) is 0.736. The van der Waals surface area contributed by atoms with Crippen molar-refractivity contribution in [2.45, 2.75) is 18.9 Å². The molecule has 68 valence electrons. The highest BCUT2D eigenvalue weighted by Crippen LogP contribution is 2.07. The zero-order valence-electron chi connectivity index (χ0n) is 6.49. The van der Waals surface area contributed by atoms with Gasteiger partial charge in [0.2, 0.25) is 0 Å². The van der Waals surface area contributed by atoms with Crippen LogP contribution in [0.15, 0.2) is 0 Å². The van der Waals surface area contributed by atoms with Crippen LogP contribution >= 0.6 is 0 Å². The molecule has 0 aromatic carbocycles. The van der Waals surface area contributed by atoms with Gasteiger partial charge in [-0.3, -0.25) is 9.59 Å². The van der Waals surface area contributed by atoms with Gasteiger partial charge in [0.15, 0.2) is 0 Å². The first-order chi connectivity index (χ1) is 5.68. The molecule has 0 aromatic heterocycles. The summed E-state index contributed by atoms with van der Waals surface area (Å²) in [6.07, 6.45) is -0.399. The largest absolute Gasteiger partial charge is 0.481 e. The van der Waals surface area contributed by atoms with E-state index in [2.05, 4.69) is 0 Å². The Hall–Kier alpha value is -1.10. The van der Waals surface area contributed by atoms with Crippen LogP contribution < -0.4 is 0 Å². The van der Waals surface area contributed by atoms with E-state index in [0.717, 1.165) is 0 Å². The topological polar surface area (TPSA) is 72.8 Å². The maximum absolute atomic E-state index is 10.8. The summed E-state index contributed by atoms with van der Waals surface area (Å²) in [7, 11) is 0. The molecule has 0 radical (unpaired) electrons. The van der Waals surface area contributed by atoms with Gasteiger partial charge < -0.3 is 14.6 Å². The molecule has 0 saturated carbocycles. The van der Waals surface area contributed by atoms with Crippen molar-refractivity contribution in [1.29, 1.82) is 0 Å². The highest BCUT2D eigenvalue weighted by molar-refractivity contribution is 5.76. The molecule has 1 heterocycles. The summed E-state index contributed by atoms with van der Waals surface area (Å²) in [5, 5.41) is 8.24. The van der Waals surface area contributed by atoms with E-state index in [1.165, 1.54) is 0 Å². The minimum atomic E-state index is -0.989. The smallest absolute Gasteiger partial charge is 0.306 e. The highest BCUT2D eigenvalue weighted by Gasteiger charge is 2.22. The van der Waals surface area contributed by atoms with E-state index in [9.17, 15) is 9.59 Å². The molecule has 12 heavy (non-hydrogen) atoms. The standard InChI is InChI=1S/C7H10O5/c8-6(9)1-2-7(10)12-5-3-11-4-5/h5H,1-4H2,(H,8,9). The molecule has 1 aliphatic rings. The molecule has 1 saturated heterocycles. The molecule has 0 unspecified atom stereocenters. The summed E-state index contributed by atoms with van der Waals surface area (Å²) in [6.45, 7) is 0.859. The van der Waals surface area contributed by atoms with Crippen molar-refractivity contribution in [3.05, 3.63) is 0 Å². The van der Waals surface area contributed by atoms with Crippen LogP contribution in [-0.4, -0.2) is 36.4 Å². The van der Waals surface area contributed by atoms with Crippen LogP contribution in [0.3, 0.4) is 0 Å². The summed E-state index contributed by atoms with van der Waals surface area (Å²) in [5.74, 6) is -1.46. The zero-order valence-corrected chi connectivity index (χ0v) is 6.49. The van der Waals surface area contributed by atoms with E-state index in [1.807, 2.05) is 0 Å². The second-order valence-electron chi connectivity index (χ2n) is 2.54. The lowest BCUT2D eigenvalue weighted by Crippen LogP contribution is -2.37. The fourth-order valence-corrected chi connectivity index (χ4v) is 0.736. The van der Waals surface area contributed by atoms with Gasteiger partial charge in [0.25, 0.3) is 0 Å². The van der Waals surface area contributed by atoms with Crippen LogP contribution in [0.1, 0.15) is 12.8 Å². The van der Waals surface area contributed by atoms with Crippen LogP contribution in [0.25, 0.3) is 0 Å². The number of ether oxygens (including phenoxy) is 2. The Kier molecular flexibility index (Phi) is 3.04. The Bertz CT molecular complexity index is 184. The molecule has 5 nitrogen and oxygen atoms in total.